The second-order valence-corrected chi connectivity index (χ2v) is 7.21. The summed E-state index contributed by atoms with van der Waals surface area (Å²) < 4.78 is 1.28. The van der Waals surface area contributed by atoms with Gasteiger partial charge in [-0.3, -0.25) is 19.4 Å². The van der Waals surface area contributed by atoms with E-state index in [9.17, 15) is 24.3 Å². The number of likely N-dealkylation sites (tertiary alicyclic amines) is 1. The van der Waals surface area contributed by atoms with Crippen molar-refractivity contribution in [2.45, 2.75) is 45.1 Å². The molecular formula is C17H23N3O5. The van der Waals surface area contributed by atoms with Crippen LogP contribution in [0.2, 0.25) is 0 Å². The van der Waals surface area contributed by atoms with Gasteiger partial charge in [0.05, 0.1) is 5.41 Å². The maximum Gasteiger partial charge on any atom is 0.328 e. The third-order valence-corrected chi connectivity index (χ3v) is 5.22. The molecule has 136 valence electrons. The van der Waals surface area contributed by atoms with Crippen molar-refractivity contribution >= 4 is 11.9 Å². The molecule has 1 saturated heterocycles. The van der Waals surface area contributed by atoms with E-state index in [1.807, 2.05) is 0 Å². The molecule has 1 amide bonds. The highest BCUT2D eigenvalue weighted by atomic mass is 16.4. The minimum atomic E-state index is -0.829. The van der Waals surface area contributed by atoms with Crippen LogP contribution >= 0.6 is 0 Å². The van der Waals surface area contributed by atoms with Gasteiger partial charge in [-0.2, -0.15) is 0 Å². The van der Waals surface area contributed by atoms with Crippen molar-refractivity contribution in [2.75, 3.05) is 13.1 Å². The number of piperidine rings is 1. The third-order valence-electron chi connectivity index (χ3n) is 5.22. The van der Waals surface area contributed by atoms with Crippen LogP contribution in [0.5, 0.6) is 0 Å². The van der Waals surface area contributed by atoms with E-state index in [2.05, 4.69) is 4.98 Å². The lowest BCUT2D eigenvalue weighted by Gasteiger charge is -2.40. The van der Waals surface area contributed by atoms with Gasteiger partial charge in [-0.25, -0.2) is 4.79 Å². The quantitative estimate of drug-likeness (QED) is 0.773. The molecule has 0 spiro atoms. The maximum atomic E-state index is 12.5. The topological polar surface area (TPSA) is 112 Å². The molecule has 1 aromatic rings. The summed E-state index contributed by atoms with van der Waals surface area (Å²) >= 11 is 0. The van der Waals surface area contributed by atoms with Crippen molar-refractivity contribution in [3.63, 3.8) is 0 Å². The summed E-state index contributed by atoms with van der Waals surface area (Å²) in [5.74, 6) is -0.487. The van der Waals surface area contributed by atoms with Crippen LogP contribution in [0.1, 0.15) is 38.5 Å². The van der Waals surface area contributed by atoms with Crippen LogP contribution in [0.25, 0.3) is 0 Å². The SMILES string of the molecule is O=C(CCn1ccc(=O)[nH]c1=O)N1CCC[C@](CC2CC2)(C(=O)O)C1. The van der Waals surface area contributed by atoms with Gasteiger partial charge in [0.2, 0.25) is 5.91 Å². The zero-order valence-corrected chi connectivity index (χ0v) is 14.1. The number of H-pyrrole nitrogens is 1. The number of aromatic nitrogens is 2. The fourth-order valence-electron chi connectivity index (χ4n) is 3.64. The molecule has 2 fully saturated rings. The van der Waals surface area contributed by atoms with Crippen molar-refractivity contribution in [1.29, 1.82) is 0 Å². The molecule has 8 heteroatoms. The monoisotopic (exact) mass is 349 g/mol. The predicted molar refractivity (Wildman–Crippen MR) is 89.2 cm³/mol. The van der Waals surface area contributed by atoms with Crippen LogP contribution in [-0.2, 0) is 16.1 Å². The van der Waals surface area contributed by atoms with E-state index < -0.39 is 22.6 Å². The van der Waals surface area contributed by atoms with E-state index in [0.717, 1.165) is 12.8 Å². The molecule has 1 aliphatic carbocycles. The Hall–Kier alpha value is -2.38. The highest BCUT2D eigenvalue weighted by molar-refractivity contribution is 5.79. The number of amides is 1. The Morgan fingerprint density at radius 2 is 2.08 bits per heavy atom. The summed E-state index contributed by atoms with van der Waals surface area (Å²) in [7, 11) is 0. The van der Waals surface area contributed by atoms with E-state index in [4.69, 9.17) is 0 Å². The molecule has 1 aliphatic heterocycles. The number of aryl methyl sites for hydroxylation is 1. The Balaban J connectivity index is 1.63. The van der Waals surface area contributed by atoms with Gasteiger partial charge in [0.15, 0.2) is 0 Å². The van der Waals surface area contributed by atoms with Gasteiger partial charge in [0.1, 0.15) is 0 Å². The molecule has 1 atom stereocenters. The number of nitrogens with one attached hydrogen (secondary N) is 1. The molecule has 2 aliphatic rings. The first-order valence-electron chi connectivity index (χ1n) is 8.71. The summed E-state index contributed by atoms with van der Waals surface area (Å²) in [5, 5.41) is 9.72. The molecular weight excluding hydrogens is 326 g/mol. The van der Waals surface area contributed by atoms with Gasteiger partial charge in [-0.15, -0.1) is 0 Å². The zero-order valence-electron chi connectivity index (χ0n) is 14.1. The van der Waals surface area contributed by atoms with E-state index in [-0.39, 0.29) is 25.4 Å². The molecule has 2 N–H and O–H groups in total. The number of hydrogen-bond donors (Lipinski definition) is 2. The van der Waals surface area contributed by atoms with Crippen molar-refractivity contribution in [3.05, 3.63) is 33.1 Å². The second-order valence-electron chi connectivity index (χ2n) is 7.21. The highest BCUT2D eigenvalue weighted by Gasteiger charge is 2.46. The Bertz CT molecular complexity index is 779. The van der Waals surface area contributed by atoms with E-state index in [1.54, 1.807) is 4.90 Å². The van der Waals surface area contributed by atoms with E-state index in [1.165, 1.54) is 16.8 Å². The lowest BCUT2D eigenvalue weighted by atomic mass is 9.75. The lowest BCUT2D eigenvalue weighted by molar-refractivity contribution is -0.156. The summed E-state index contributed by atoms with van der Waals surface area (Å²) in [5.41, 5.74) is -1.85. The molecule has 0 bridgehead atoms. The van der Waals surface area contributed by atoms with Crippen LogP contribution in [0, 0.1) is 11.3 Å². The summed E-state index contributed by atoms with van der Waals surface area (Å²) in [4.78, 5) is 50.8. The standard InChI is InChI=1S/C17H23N3O5/c21-13-4-8-19(16(25)18-13)9-5-14(22)20-7-1-6-17(11-20,15(23)24)10-12-2-3-12/h4,8,12H,1-3,5-7,9-11H2,(H,23,24)(H,18,21,25)/t17-/m1/s1. The molecule has 0 aromatic carbocycles. The number of aromatic amines is 1. The van der Waals surface area contributed by atoms with Gasteiger partial charge in [0, 0.05) is 38.3 Å². The number of carbonyl (C=O) groups is 2. The largest absolute Gasteiger partial charge is 0.481 e. The zero-order chi connectivity index (χ0) is 18.0. The number of rotatable bonds is 6. The average Bonchev–Trinajstić information content (AvgIpc) is 3.37. The third kappa shape index (κ3) is 4.00. The lowest BCUT2D eigenvalue weighted by Crippen LogP contribution is -2.50. The average molecular weight is 349 g/mol. The predicted octanol–water partition coefficient (Wildman–Crippen LogP) is 0.420. The first-order valence-corrected chi connectivity index (χ1v) is 8.71. The number of carboxylic acid groups (broad SMARTS) is 1. The van der Waals surface area contributed by atoms with Crippen LogP contribution in [-0.4, -0.2) is 44.5 Å². The normalized spacial score (nSPS) is 23.4. The van der Waals surface area contributed by atoms with Crippen molar-refractivity contribution in [1.82, 2.24) is 14.5 Å². The van der Waals surface area contributed by atoms with Crippen molar-refractivity contribution in [3.8, 4) is 0 Å². The molecule has 0 unspecified atom stereocenters. The van der Waals surface area contributed by atoms with Crippen LogP contribution in [0.4, 0.5) is 0 Å². The summed E-state index contributed by atoms with van der Waals surface area (Å²) in [6, 6.07) is 1.23. The number of aliphatic carboxylic acids is 1. The first-order chi connectivity index (χ1) is 11.9. The van der Waals surface area contributed by atoms with Gasteiger partial charge in [-0.05, 0) is 25.2 Å². The Kier molecular flexibility index (Phi) is 4.78. The maximum absolute atomic E-state index is 12.5. The van der Waals surface area contributed by atoms with Crippen molar-refractivity contribution < 1.29 is 14.7 Å². The number of carboxylic acids is 1. The fraction of sp³-hybridized carbons (Fsp3) is 0.647. The minimum absolute atomic E-state index is 0.102. The van der Waals surface area contributed by atoms with Crippen LogP contribution in [0.3, 0.4) is 0 Å². The molecule has 25 heavy (non-hydrogen) atoms. The van der Waals surface area contributed by atoms with Gasteiger partial charge in [-0.1, -0.05) is 12.8 Å². The smallest absolute Gasteiger partial charge is 0.328 e. The summed E-state index contributed by atoms with van der Waals surface area (Å²) in [6.07, 6.45) is 5.57. The van der Waals surface area contributed by atoms with E-state index >= 15 is 0 Å². The Morgan fingerprint density at radius 1 is 1.32 bits per heavy atom. The van der Waals surface area contributed by atoms with Crippen LogP contribution in [0.15, 0.2) is 21.9 Å². The van der Waals surface area contributed by atoms with Crippen LogP contribution < -0.4 is 11.2 Å². The minimum Gasteiger partial charge on any atom is -0.481 e. The number of carbonyl (C=O) groups excluding carboxylic acids is 1. The Labute approximate surface area is 144 Å². The second kappa shape index (κ2) is 6.85. The number of hydrogen-bond acceptors (Lipinski definition) is 4. The van der Waals surface area contributed by atoms with Gasteiger partial charge >= 0.3 is 11.7 Å². The molecule has 8 nitrogen and oxygen atoms in total. The molecule has 3 rings (SSSR count). The van der Waals surface area contributed by atoms with Gasteiger partial charge in [0.25, 0.3) is 5.56 Å². The number of nitrogens with zero attached hydrogens (tertiary/aromatic N) is 2. The summed E-state index contributed by atoms with van der Waals surface area (Å²) in [6.45, 7) is 0.963. The molecule has 0 radical (unpaired) electrons. The molecule has 1 saturated carbocycles. The molecule has 1 aromatic heterocycles. The Morgan fingerprint density at radius 3 is 2.72 bits per heavy atom. The van der Waals surface area contributed by atoms with E-state index in [0.29, 0.717) is 31.7 Å². The fourth-order valence-corrected chi connectivity index (χ4v) is 3.64. The van der Waals surface area contributed by atoms with Gasteiger partial charge < -0.3 is 14.6 Å². The first kappa shape index (κ1) is 17.4. The van der Waals surface area contributed by atoms with Crippen molar-refractivity contribution in [2.24, 2.45) is 11.3 Å². The highest BCUT2D eigenvalue weighted by Crippen LogP contribution is 2.44. The molecule has 2 heterocycles.